The summed E-state index contributed by atoms with van der Waals surface area (Å²) >= 11 is 0. The van der Waals surface area contributed by atoms with Crippen LogP contribution in [0.15, 0.2) is 72.9 Å². The van der Waals surface area contributed by atoms with Crippen LogP contribution in [0.25, 0.3) is 0 Å². The zero-order chi connectivity index (χ0) is 46.6. The molecular weight excluding hydrogens is 831 g/mol. The van der Waals surface area contributed by atoms with Gasteiger partial charge in [-0.1, -0.05) is 112 Å². The molecule has 0 heterocycles. The fourth-order valence-electron chi connectivity index (χ4n) is 6.72. The van der Waals surface area contributed by atoms with Crippen LogP contribution in [0.3, 0.4) is 0 Å². The minimum absolute atomic E-state index is 0.0390. The molecule has 15 heteroatoms. The fraction of sp³-hybridized carbons (Fsp3) is 0.688. The van der Waals surface area contributed by atoms with Gasteiger partial charge < -0.3 is 39.9 Å². The third-order valence-corrected chi connectivity index (χ3v) is 11.3. The largest absolute Gasteiger partial charge is 0.472 e. The molecule has 8 atom stereocenters. The van der Waals surface area contributed by atoms with Crippen LogP contribution in [0.1, 0.15) is 142 Å². The second-order valence-corrected chi connectivity index (χ2v) is 17.5. The zero-order valence-electron chi connectivity index (χ0n) is 37.8. The van der Waals surface area contributed by atoms with E-state index in [1.807, 2.05) is 0 Å². The highest BCUT2D eigenvalue weighted by molar-refractivity contribution is 7.47. The number of hydrogen-bond donors (Lipinski definition) is 6. The maximum absolute atomic E-state index is 12.9. The van der Waals surface area contributed by atoms with Gasteiger partial charge in [0.05, 0.1) is 38.1 Å². The molecule has 1 aliphatic rings. The minimum Gasteiger partial charge on any atom is -0.462 e. The Morgan fingerprint density at radius 1 is 0.698 bits per heavy atom. The number of ether oxygens (including phenoxy) is 2. The van der Waals surface area contributed by atoms with Crippen molar-refractivity contribution < 1.29 is 67.9 Å². The average molecular weight is 911 g/mol. The number of carbonyl (C=O) groups is 3. The molecule has 1 rings (SSSR count). The monoisotopic (exact) mass is 911 g/mol. The first kappa shape index (κ1) is 58.0. The smallest absolute Gasteiger partial charge is 0.462 e. The minimum atomic E-state index is -4.74. The highest BCUT2D eigenvalue weighted by Crippen LogP contribution is 2.43. The molecule has 1 aliphatic carbocycles. The summed E-state index contributed by atoms with van der Waals surface area (Å²) in [5, 5.41) is 49.7. The van der Waals surface area contributed by atoms with Crippen molar-refractivity contribution in [1.82, 2.24) is 0 Å². The van der Waals surface area contributed by atoms with E-state index in [-0.39, 0.29) is 44.3 Å². The second kappa shape index (κ2) is 37.2. The van der Waals surface area contributed by atoms with Gasteiger partial charge >= 0.3 is 19.8 Å². The molecule has 0 radical (unpaired) electrons. The van der Waals surface area contributed by atoms with Gasteiger partial charge in [-0.25, -0.2) is 4.57 Å². The Hall–Kier alpha value is -3.04. The number of phosphoric acid groups is 1. The van der Waals surface area contributed by atoms with Crippen LogP contribution >= 0.6 is 7.82 Å². The topological polar surface area (TPSA) is 227 Å². The summed E-state index contributed by atoms with van der Waals surface area (Å²) in [6, 6.07) is 0. The first-order chi connectivity index (χ1) is 30.3. The molecule has 63 heavy (non-hydrogen) atoms. The fourth-order valence-corrected chi connectivity index (χ4v) is 7.51. The Balaban J connectivity index is 2.49. The van der Waals surface area contributed by atoms with Crippen LogP contribution in [-0.2, 0) is 37.5 Å². The molecule has 360 valence electrons. The third-order valence-electron chi connectivity index (χ3n) is 10.3. The predicted molar refractivity (Wildman–Crippen MR) is 244 cm³/mol. The van der Waals surface area contributed by atoms with Crippen molar-refractivity contribution >= 4 is 25.5 Å². The Morgan fingerprint density at radius 2 is 1.29 bits per heavy atom. The van der Waals surface area contributed by atoms with Crippen LogP contribution < -0.4 is 0 Å². The molecule has 14 nitrogen and oxygen atoms in total. The number of rotatable bonds is 38. The van der Waals surface area contributed by atoms with E-state index in [0.29, 0.717) is 19.3 Å². The predicted octanol–water partition coefficient (Wildman–Crippen LogP) is 8.01. The molecule has 0 aromatic carbocycles. The van der Waals surface area contributed by atoms with Crippen LogP contribution in [0.5, 0.6) is 0 Å². The van der Waals surface area contributed by atoms with E-state index in [2.05, 4.69) is 79.1 Å². The number of aliphatic hydroxyl groups is 5. The van der Waals surface area contributed by atoms with Crippen molar-refractivity contribution in [3.8, 4) is 0 Å². The normalized spacial score (nSPS) is 20.8. The highest BCUT2D eigenvalue weighted by Gasteiger charge is 2.41. The lowest BCUT2D eigenvalue weighted by molar-refractivity contribution is -0.161. The van der Waals surface area contributed by atoms with E-state index in [1.165, 1.54) is 0 Å². The van der Waals surface area contributed by atoms with Crippen molar-refractivity contribution in [2.24, 2.45) is 11.8 Å². The molecular formula is C48H79O14P. The number of unbranched alkanes of at least 4 members (excludes halogenated alkanes) is 6. The summed E-state index contributed by atoms with van der Waals surface area (Å²) in [4.78, 5) is 48.1. The van der Waals surface area contributed by atoms with Gasteiger partial charge in [0.25, 0.3) is 0 Å². The Bertz CT molecular complexity index is 1460. The summed E-state index contributed by atoms with van der Waals surface area (Å²) in [6.45, 7) is 1.67. The summed E-state index contributed by atoms with van der Waals surface area (Å²) in [5.41, 5.74) is 0. The van der Waals surface area contributed by atoms with Gasteiger partial charge in [-0.3, -0.25) is 23.4 Å². The molecule has 0 spiro atoms. The van der Waals surface area contributed by atoms with Gasteiger partial charge in [0.15, 0.2) is 6.10 Å². The summed E-state index contributed by atoms with van der Waals surface area (Å²) < 4.78 is 32.6. The SMILES string of the molecule is CC/C=C\C/C=C\C/C=C\C/C=C\C/C=C\CCCCCC(=O)OC[C@H](COP(=O)(O)OC[C@@H](O)CO)OC(=O)CCCCC(=O)C[C@@H]1[C@@H](/C=C/[C@@H](O)CCCCC)[C@H](O)C[C@@H]1O. The number of carbonyl (C=O) groups excluding carboxylic acids is 3. The lowest BCUT2D eigenvalue weighted by atomic mass is 9.87. The quantitative estimate of drug-likeness (QED) is 0.0149. The molecule has 1 saturated carbocycles. The number of hydrogen-bond acceptors (Lipinski definition) is 13. The summed E-state index contributed by atoms with van der Waals surface area (Å²) in [5.74, 6) is -2.36. The molecule has 0 saturated heterocycles. The van der Waals surface area contributed by atoms with Gasteiger partial charge in [0.1, 0.15) is 18.5 Å². The Labute approximate surface area is 376 Å². The molecule has 0 aromatic rings. The van der Waals surface area contributed by atoms with E-state index < -0.39 is 88.5 Å². The maximum atomic E-state index is 12.9. The van der Waals surface area contributed by atoms with Crippen LogP contribution in [0.2, 0.25) is 0 Å². The molecule has 1 unspecified atom stereocenters. The average Bonchev–Trinajstić information content (AvgIpc) is 3.52. The Morgan fingerprint density at radius 3 is 1.92 bits per heavy atom. The van der Waals surface area contributed by atoms with Crippen molar-refractivity contribution in [3.63, 3.8) is 0 Å². The summed E-state index contributed by atoms with van der Waals surface area (Å²) in [6.07, 6.45) is 32.1. The molecule has 0 aliphatic heterocycles. The van der Waals surface area contributed by atoms with Crippen LogP contribution in [0.4, 0.5) is 0 Å². The van der Waals surface area contributed by atoms with E-state index in [0.717, 1.165) is 70.6 Å². The second-order valence-electron chi connectivity index (χ2n) is 16.0. The standard InChI is InChI=1S/C48H79O14P/c1-3-5-7-8-9-10-11-12-13-14-15-16-17-18-19-20-21-22-24-29-47(55)59-37-42(38-61-63(57,58)60-36-41(52)35-49)62-48(56)30-26-25-28-40(51)33-44-43(45(53)34-46(44)54)32-31-39(50)27-23-6-4-2/h5,7,9-10,12-13,15-16,18-19,31-32,39,41-46,49-50,52-54H,3-4,6,8,11,14,17,20-30,33-38H2,1-2H3,(H,57,58)/b7-5-,10-9-,13-12-,16-15-,19-18-,32-31+/t39-,41-,42+,43+,44+,45+,46-/m0/s1. The third kappa shape index (κ3) is 31.5. The van der Waals surface area contributed by atoms with Crippen LogP contribution in [0, 0.1) is 11.8 Å². The number of phosphoric ester groups is 1. The van der Waals surface area contributed by atoms with Crippen molar-refractivity contribution in [2.45, 2.75) is 173 Å². The lowest BCUT2D eigenvalue weighted by Crippen LogP contribution is -2.30. The molecule has 1 fully saturated rings. The number of ketones is 1. The maximum Gasteiger partial charge on any atom is 0.472 e. The molecule has 0 amide bonds. The van der Waals surface area contributed by atoms with E-state index >= 15 is 0 Å². The first-order valence-corrected chi connectivity index (χ1v) is 24.6. The van der Waals surface area contributed by atoms with Crippen molar-refractivity contribution in [3.05, 3.63) is 72.9 Å². The zero-order valence-corrected chi connectivity index (χ0v) is 38.7. The van der Waals surface area contributed by atoms with E-state index in [9.17, 15) is 44.3 Å². The van der Waals surface area contributed by atoms with Crippen LogP contribution in [-0.4, -0.2) is 105 Å². The van der Waals surface area contributed by atoms with Gasteiger partial charge in [-0.05, 0) is 70.6 Å². The summed E-state index contributed by atoms with van der Waals surface area (Å²) in [7, 11) is -4.74. The molecule has 6 N–H and O–H groups in total. The highest BCUT2D eigenvalue weighted by atomic mass is 31.2. The lowest BCUT2D eigenvalue weighted by Gasteiger charge is -2.21. The van der Waals surface area contributed by atoms with Gasteiger partial charge in [0, 0.05) is 43.9 Å². The van der Waals surface area contributed by atoms with Crippen molar-refractivity contribution in [1.29, 1.82) is 0 Å². The van der Waals surface area contributed by atoms with Gasteiger partial charge in [0.2, 0.25) is 0 Å². The number of esters is 2. The Kier molecular flexibility index (Phi) is 34.2. The number of allylic oxidation sites excluding steroid dienone is 10. The number of Topliss-reactive ketones (excluding diaryl/α,β-unsaturated/α-hetero) is 1. The molecule has 0 aromatic heterocycles. The first-order valence-electron chi connectivity index (χ1n) is 23.1. The van der Waals surface area contributed by atoms with Crippen molar-refractivity contribution in [2.75, 3.05) is 26.4 Å². The van der Waals surface area contributed by atoms with Gasteiger partial charge in [-0.2, -0.15) is 0 Å². The molecule has 0 bridgehead atoms. The van der Waals surface area contributed by atoms with E-state index in [1.54, 1.807) is 12.2 Å². The number of aliphatic hydroxyl groups excluding tert-OH is 5. The van der Waals surface area contributed by atoms with Gasteiger partial charge in [-0.15, -0.1) is 0 Å². The van der Waals surface area contributed by atoms with E-state index in [4.69, 9.17) is 19.1 Å².